The number of nitrogens with zero attached hydrogens (tertiary/aromatic N) is 1. The maximum Gasteiger partial charge on any atom is 0.251 e. The van der Waals surface area contributed by atoms with E-state index in [0.717, 1.165) is 55.1 Å². The van der Waals surface area contributed by atoms with Gasteiger partial charge in [-0.2, -0.15) is 0 Å². The second-order valence-electron chi connectivity index (χ2n) is 9.37. The van der Waals surface area contributed by atoms with Crippen molar-refractivity contribution >= 4 is 44.4 Å². The molecule has 3 N–H and O–H groups in total. The molecule has 36 heavy (non-hydrogen) atoms. The Morgan fingerprint density at radius 1 is 0.917 bits per heavy atom. The highest BCUT2D eigenvalue weighted by Crippen LogP contribution is 2.42. The number of aromatic nitrogens is 1. The number of rotatable bonds is 4. The minimum Gasteiger partial charge on any atom is -0.455 e. The summed E-state index contributed by atoms with van der Waals surface area (Å²) in [5.74, 6) is 0.0258. The Kier molecular flexibility index (Phi) is 4.93. The molecule has 6 aromatic rings. The van der Waals surface area contributed by atoms with E-state index in [1.54, 1.807) is 12.1 Å². The second-order valence-corrected chi connectivity index (χ2v) is 9.37. The number of furan rings is 2. The van der Waals surface area contributed by atoms with E-state index in [1.807, 2.05) is 63.2 Å². The number of nitrogen functional groups attached to an aromatic ring is 1. The summed E-state index contributed by atoms with van der Waals surface area (Å²) in [7, 11) is 0. The summed E-state index contributed by atoms with van der Waals surface area (Å²) >= 11 is 0. The van der Waals surface area contributed by atoms with Crippen LogP contribution >= 0.6 is 0 Å². The number of halogens is 1. The van der Waals surface area contributed by atoms with Gasteiger partial charge >= 0.3 is 0 Å². The molecule has 6 rings (SSSR count). The third-order valence-corrected chi connectivity index (χ3v) is 6.92. The number of carbonyl (C=O) groups excluding carboxylic acids is 1. The maximum atomic E-state index is 14.5. The molecule has 3 aromatic carbocycles. The van der Waals surface area contributed by atoms with Gasteiger partial charge in [-0.25, -0.2) is 9.37 Å². The summed E-state index contributed by atoms with van der Waals surface area (Å²) in [6.45, 7) is 6.15. The molecule has 0 spiro atoms. The monoisotopic (exact) mass is 477 g/mol. The van der Waals surface area contributed by atoms with E-state index >= 15 is 0 Å². The van der Waals surface area contributed by atoms with Gasteiger partial charge in [0.15, 0.2) is 0 Å². The zero-order valence-corrected chi connectivity index (χ0v) is 20.2. The van der Waals surface area contributed by atoms with Crippen LogP contribution in [0, 0.1) is 26.6 Å². The summed E-state index contributed by atoms with van der Waals surface area (Å²) in [6.07, 6.45) is 0. The van der Waals surface area contributed by atoms with Crippen molar-refractivity contribution in [1.82, 2.24) is 10.3 Å². The topological polar surface area (TPSA) is 81.2 Å². The van der Waals surface area contributed by atoms with Crippen LogP contribution in [0.4, 0.5) is 10.2 Å². The lowest BCUT2D eigenvalue weighted by Crippen LogP contribution is -2.24. The minimum absolute atomic E-state index is 0.183. The van der Waals surface area contributed by atoms with Gasteiger partial charge in [0.25, 0.3) is 5.91 Å². The fourth-order valence-corrected chi connectivity index (χ4v) is 5.07. The van der Waals surface area contributed by atoms with Crippen molar-refractivity contribution in [2.75, 3.05) is 5.73 Å². The van der Waals surface area contributed by atoms with E-state index in [9.17, 15) is 9.18 Å². The number of hydrogen-bond donors (Lipinski definition) is 2. The Morgan fingerprint density at radius 3 is 2.42 bits per heavy atom. The van der Waals surface area contributed by atoms with E-state index < -0.39 is 0 Å². The van der Waals surface area contributed by atoms with E-state index in [-0.39, 0.29) is 11.7 Å². The van der Waals surface area contributed by atoms with Gasteiger partial charge in [-0.1, -0.05) is 17.7 Å². The minimum atomic E-state index is -0.261. The molecule has 0 atom stereocenters. The zero-order chi connectivity index (χ0) is 25.1. The highest BCUT2D eigenvalue weighted by atomic mass is 19.1. The number of pyridine rings is 1. The van der Waals surface area contributed by atoms with Gasteiger partial charge in [0.1, 0.15) is 22.8 Å². The van der Waals surface area contributed by atoms with Gasteiger partial charge in [0.05, 0.1) is 0 Å². The Morgan fingerprint density at radius 2 is 1.64 bits per heavy atom. The summed E-state index contributed by atoms with van der Waals surface area (Å²) < 4.78 is 20.7. The normalized spacial score (nSPS) is 11.7. The van der Waals surface area contributed by atoms with Gasteiger partial charge in [-0.3, -0.25) is 4.79 Å². The molecule has 0 aliphatic carbocycles. The van der Waals surface area contributed by atoms with Crippen molar-refractivity contribution in [2.45, 2.75) is 27.3 Å². The predicted octanol–water partition coefficient (Wildman–Crippen LogP) is 6.82. The van der Waals surface area contributed by atoms with Crippen molar-refractivity contribution in [3.63, 3.8) is 0 Å². The Balaban J connectivity index is 1.37. The second kappa shape index (κ2) is 8.05. The smallest absolute Gasteiger partial charge is 0.251 e. The number of amides is 1. The molecule has 0 saturated carbocycles. The molecule has 3 heterocycles. The molecular weight excluding hydrogens is 453 g/mol. The van der Waals surface area contributed by atoms with E-state index in [0.29, 0.717) is 29.1 Å². The molecule has 0 unspecified atom stereocenters. The first-order chi connectivity index (χ1) is 17.3. The molecule has 0 fully saturated rings. The summed E-state index contributed by atoms with van der Waals surface area (Å²) in [5.41, 5.74) is 12.9. The van der Waals surface area contributed by atoms with Crippen molar-refractivity contribution in [3.8, 4) is 11.1 Å². The van der Waals surface area contributed by atoms with E-state index in [4.69, 9.17) is 10.2 Å². The first-order valence-corrected chi connectivity index (χ1v) is 11.8. The van der Waals surface area contributed by atoms with Crippen LogP contribution in [-0.2, 0) is 6.54 Å². The van der Waals surface area contributed by atoms with E-state index in [1.165, 1.54) is 6.07 Å². The van der Waals surface area contributed by atoms with Crippen LogP contribution in [0.2, 0.25) is 0 Å². The van der Waals surface area contributed by atoms with Crippen molar-refractivity contribution in [1.29, 1.82) is 0 Å². The van der Waals surface area contributed by atoms with Crippen LogP contribution in [0.15, 0.2) is 65.1 Å². The number of benzene rings is 4. The van der Waals surface area contributed by atoms with Crippen LogP contribution in [0.25, 0.3) is 43.8 Å². The standard InChI is InChI=1S/C30H24FN3O2/c1-15-4-9-26(31)22(10-15)18-5-7-20-23(12-18)29-24-13-19(6-8-21(24)28(20)36-29)30(35)33-14-25-16(2)11-27(32)34-17(25)3/h4-13H,14H2,1-3H3,(H2,32,34)(H,33,35). The van der Waals surface area contributed by atoms with Crippen molar-refractivity contribution in [2.24, 2.45) is 0 Å². The average molecular weight is 478 g/mol. The van der Waals surface area contributed by atoms with Crippen LogP contribution in [0.5, 0.6) is 0 Å². The van der Waals surface area contributed by atoms with E-state index in [2.05, 4.69) is 10.3 Å². The van der Waals surface area contributed by atoms with Gasteiger partial charge in [0.2, 0.25) is 0 Å². The predicted molar refractivity (Wildman–Crippen MR) is 142 cm³/mol. The lowest BCUT2D eigenvalue weighted by molar-refractivity contribution is 0.0951. The number of nitrogens with two attached hydrogens (primary N) is 1. The number of fused-ring (bicyclic) bond motifs is 8. The molecule has 0 aliphatic rings. The van der Waals surface area contributed by atoms with Crippen molar-refractivity contribution in [3.05, 3.63) is 94.4 Å². The first-order valence-electron chi connectivity index (χ1n) is 11.8. The third kappa shape index (κ3) is 3.45. The molecule has 0 saturated heterocycles. The van der Waals surface area contributed by atoms with Crippen LogP contribution < -0.4 is 11.1 Å². The quantitative estimate of drug-likeness (QED) is 0.273. The molecule has 1 amide bonds. The number of hydrogen-bond acceptors (Lipinski definition) is 4. The lowest BCUT2D eigenvalue weighted by Gasteiger charge is -2.11. The van der Waals surface area contributed by atoms with Gasteiger partial charge in [0, 0.05) is 44.9 Å². The zero-order valence-electron chi connectivity index (χ0n) is 20.2. The molecule has 5 nitrogen and oxygen atoms in total. The molecular formula is C30H24FN3O2. The van der Waals surface area contributed by atoms with Gasteiger partial charge in [-0.15, -0.1) is 0 Å². The number of aryl methyl sites for hydroxylation is 3. The SMILES string of the molecule is Cc1ccc(F)c(-c2ccc3c(c2)c2oc3c3ccc(C(=O)NCc4c(C)cc(N)nc4C)cc32)c1. The van der Waals surface area contributed by atoms with Crippen LogP contribution in [0.1, 0.15) is 32.7 Å². The number of carbonyl (C=O) groups is 1. The Labute approximate surface area is 207 Å². The number of nitrogens with one attached hydrogen (secondary N) is 1. The van der Waals surface area contributed by atoms with Gasteiger partial charge < -0.3 is 15.5 Å². The molecule has 2 bridgehead atoms. The van der Waals surface area contributed by atoms with Crippen LogP contribution in [0.3, 0.4) is 0 Å². The third-order valence-electron chi connectivity index (χ3n) is 6.92. The summed E-state index contributed by atoms with van der Waals surface area (Å²) in [5, 5.41) is 6.71. The fourth-order valence-electron chi connectivity index (χ4n) is 5.07. The lowest BCUT2D eigenvalue weighted by atomic mass is 9.96. The summed E-state index contributed by atoms with van der Waals surface area (Å²) in [6, 6.07) is 18.4. The molecule has 0 radical (unpaired) electrons. The largest absolute Gasteiger partial charge is 0.455 e. The van der Waals surface area contributed by atoms with Gasteiger partial charge in [-0.05, 0) is 86.0 Å². The molecule has 178 valence electrons. The Hall–Kier alpha value is -4.45. The average Bonchev–Trinajstić information content (AvgIpc) is 3.41. The highest BCUT2D eigenvalue weighted by molar-refractivity contribution is 6.26. The summed E-state index contributed by atoms with van der Waals surface area (Å²) in [4.78, 5) is 17.3. The Bertz CT molecular complexity index is 1800. The molecule has 3 aromatic heterocycles. The first kappa shape index (κ1) is 22.0. The molecule has 6 heteroatoms. The number of anilines is 1. The van der Waals surface area contributed by atoms with Crippen LogP contribution in [-0.4, -0.2) is 10.9 Å². The fraction of sp³-hybridized carbons (Fsp3) is 0.133. The van der Waals surface area contributed by atoms with Crippen molar-refractivity contribution < 1.29 is 13.6 Å². The maximum absolute atomic E-state index is 14.5. The highest BCUT2D eigenvalue weighted by Gasteiger charge is 2.20. The molecule has 0 aliphatic heterocycles.